The lowest BCUT2D eigenvalue weighted by Gasteiger charge is -2.24. The molecule has 3 aromatic rings. The monoisotopic (exact) mass is 491 g/mol. The van der Waals surface area contributed by atoms with Crippen LogP contribution < -0.4 is 4.90 Å². The van der Waals surface area contributed by atoms with Crippen LogP contribution in [0.4, 0.5) is 5.13 Å². The predicted molar refractivity (Wildman–Crippen MR) is 143 cm³/mol. The Morgan fingerprint density at radius 3 is 2.47 bits per heavy atom. The Labute approximate surface area is 206 Å². The molecule has 0 bridgehead atoms. The number of carbonyl (C=O) groups excluding carboxylic acids is 1. The summed E-state index contributed by atoms with van der Waals surface area (Å²) in [7, 11) is 0. The summed E-state index contributed by atoms with van der Waals surface area (Å²) in [5.74, 6) is 1.12. The van der Waals surface area contributed by atoms with Crippen molar-refractivity contribution in [1.29, 1.82) is 0 Å². The third-order valence-electron chi connectivity index (χ3n) is 5.42. The molecule has 0 saturated heterocycles. The van der Waals surface area contributed by atoms with E-state index in [9.17, 15) is 4.79 Å². The maximum absolute atomic E-state index is 13.2. The molecule has 174 valence electrons. The topological polar surface area (TPSA) is 36.4 Å². The number of aryl methyl sites for hydroxylation is 2. The molecule has 7 heteroatoms. The van der Waals surface area contributed by atoms with Gasteiger partial charge < -0.3 is 4.90 Å². The number of hydrogen-bond donors (Lipinski definition) is 0. The Morgan fingerprint density at radius 1 is 1.06 bits per heavy atom. The summed E-state index contributed by atoms with van der Waals surface area (Å²) in [6.45, 7) is 12.1. The van der Waals surface area contributed by atoms with Gasteiger partial charge in [-0.05, 0) is 68.4 Å². The molecule has 32 heavy (non-hydrogen) atoms. The van der Waals surface area contributed by atoms with Gasteiger partial charge >= 0.3 is 0 Å². The summed E-state index contributed by atoms with van der Waals surface area (Å²) in [5.41, 5.74) is 3.44. The van der Waals surface area contributed by atoms with Crippen molar-refractivity contribution in [2.24, 2.45) is 0 Å². The first-order valence-corrected chi connectivity index (χ1v) is 12.9. The van der Waals surface area contributed by atoms with Crippen molar-refractivity contribution in [2.45, 2.75) is 45.4 Å². The van der Waals surface area contributed by atoms with E-state index in [0.29, 0.717) is 13.0 Å². The quantitative estimate of drug-likeness (QED) is 0.224. The summed E-state index contributed by atoms with van der Waals surface area (Å²) >= 11 is 3.45. The Balaban J connectivity index is 0.00000363. The normalized spacial score (nSPS) is 11.0. The molecule has 0 fully saturated rings. The molecular formula is C25H34ClN3OS2. The van der Waals surface area contributed by atoms with Gasteiger partial charge in [0.05, 0.1) is 10.2 Å². The maximum Gasteiger partial charge on any atom is 0.228 e. The number of anilines is 1. The third-order valence-corrected chi connectivity index (χ3v) is 7.75. The van der Waals surface area contributed by atoms with Gasteiger partial charge in [0.15, 0.2) is 5.13 Å². The predicted octanol–water partition coefficient (Wildman–Crippen LogP) is 6.58. The largest absolute Gasteiger partial charge is 0.302 e. The van der Waals surface area contributed by atoms with Crippen molar-refractivity contribution in [3.8, 4) is 0 Å². The van der Waals surface area contributed by atoms with Crippen LogP contribution in [0.1, 0.15) is 37.8 Å². The number of aromatic nitrogens is 1. The lowest BCUT2D eigenvalue weighted by molar-refractivity contribution is -0.118. The third kappa shape index (κ3) is 7.20. The summed E-state index contributed by atoms with van der Waals surface area (Å²) in [6.07, 6.45) is 1.41. The van der Waals surface area contributed by atoms with Gasteiger partial charge in [-0.15, -0.1) is 24.2 Å². The van der Waals surface area contributed by atoms with E-state index in [1.165, 1.54) is 20.7 Å². The molecule has 0 aliphatic heterocycles. The standard InChI is InChI=1S/C25H33N3OS2.ClH/c1-5-27(6-2)14-15-28(23(29)13-10-16-30-21-11-8-7-9-12-21)25-26-22-18-19(3)17-20(4)24(22)31-25;/h7-9,11-12,17-18H,5-6,10,13-16H2,1-4H3;1H. The fourth-order valence-corrected chi connectivity index (χ4v) is 5.59. The number of nitrogens with zero attached hydrogens (tertiary/aromatic N) is 3. The van der Waals surface area contributed by atoms with E-state index in [1.807, 2.05) is 22.7 Å². The molecule has 1 amide bonds. The first kappa shape index (κ1) is 26.7. The van der Waals surface area contributed by atoms with Crippen LogP contribution in [0.25, 0.3) is 10.2 Å². The summed E-state index contributed by atoms with van der Waals surface area (Å²) < 4.78 is 1.18. The Morgan fingerprint density at radius 2 is 1.78 bits per heavy atom. The number of likely N-dealkylation sites (N-methyl/N-ethyl adjacent to an activating group) is 1. The average molecular weight is 492 g/mol. The van der Waals surface area contributed by atoms with Crippen LogP contribution in [0, 0.1) is 13.8 Å². The van der Waals surface area contributed by atoms with Gasteiger partial charge in [-0.2, -0.15) is 0 Å². The van der Waals surface area contributed by atoms with E-state index in [0.717, 1.165) is 42.5 Å². The molecule has 4 nitrogen and oxygen atoms in total. The molecule has 0 spiro atoms. The number of fused-ring (bicyclic) bond motifs is 1. The van der Waals surface area contributed by atoms with Crippen molar-refractivity contribution in [2.75, 3.05) is 36.8 Å². The first-order valence-electron chi connectivity index (χ1n) is 11.1. The molecule has 0 radical (unpaired) electrons. The number of hydrogen-bond acceptors (Lipinski definition) is 5. The fourth-order valence-electron chi connectivity index (χ4n) is 3.65. The number of thiazole rings is 1. The Hall–Kier alpha value is -1.60. The summed E-state index contributed by atoms with van der Waals surface area (Å²) in [6, 6.07) is 14.7. The molecule has 0 aliphatic carbocycles. The highest BCUT2D eigenvalue weighted by Gasteiger charge is 2.20. The van der Waals surface area contributed by atoms with Crippen LogP contribution >= 0.6 is 35.5 Å². The van der Waals surface area contributed by atoms with Gasteiger partial charge in [-0.25, -0.2) is 4.98 Å². The zero-order valence-corrected chi connectivity index (χ0v) is 21.9. The highest BCUT2D eigenvalue weighted by molar-refractivity contribution is 7.99. The molecule has 0 aliphatic rings. The van der Waals surface area contributed by atoms with Crippen molar-refractivity contribution in [1.82, 2.24) is 9.88 Å². The second-order valence-electron chi connectivity index (χ2n) is 7.76. The lowest BCUT2D eigenvalue weighted by Crippen LogP contribution is -2.38. The highest BCUT2D eigenvalue weighted by atomic mass is 35.5. The number of amides is 1. The van der Waals surface area contributed by atoms with E-state index in [-0.39, 0.29) is 18.3 Å². The number of benzene rings is 2. The molecule has 3 rings (SSSR count). The van der Waals surface area contributed by atoms with Crippen LogP contribution in [0.3, 0.4) is 0 Å². The van der Waals surface area contributed by atoms with E-state index >= 15 is 0 Å². The van der Waals surface area contributed by atoms with Crippen molar-refractivity contribution < 1.29 is 4.79 Å². The lowest BCUT2D eigenvalue weighted by atomic mass is 10.1. The van der Waals surface area contributed by atoms with Crippen molar-refractivity contribution in [3.05, 3.63) is 53.6 Å². The van der Waals surface area contributed by atoms with Crippen LogP contribution in [-0.4, -0.2) is 47.7 Å². The van der Waals surface area contributed by atoms with E-state index in [4.69, 9.17) is 4.98 Å². The number of carbonyl (C=O) groups is 1. The SMILES string of the molecule is CCN(CC)CCN(C(=O)CCCSc1ccccc1)c1nc2cc(C)cc(C)c2s1.Cl. The molecule has 0 saturated carbocycles. The van der Waals surface area contributed by atoms with Gasteiger partial charge in [0.1, 0.15) is 0 Å². The zero-order valence-electron chi connectivity index (χ0n) is 19.5. The summed E-state index contributed by atoms with van der Waals surface area (Å²) in [4.78, 5) is 23.6. The number of thioether (sulfide) groups is 1. The van der Waals surface area contributed by atoms with Crippen molar-refractivity contribution >= 4 is 56.8 Å². The highest BCUT2D eigenvalue weighted by Crippen LogP contribution is 2.32. The second kappa shape index (κ2) is 13.2. The molecule has 1 heterocycles. The summed E-state index contributed by atoms with van der Waals surface area (Å²) in [5, 5.41) is 0.830. The molecule has 2 aromatic carbocycles. The van der Waals surface area contributed by atoms with Crippen molar-refractivity contribution in [3.63, 3.8) is 0 Å². The molecule has 0 N–H and O–H groups in total. The van der Waals surface area contributed by atoms with Crippen LogP contribution in [-0.2, 0) is 4.79 Å². The van der Waals surface area contributed by atoms with Crippen LogP contribution in [0.5, 0.6) is 0 Å². The maximum atomic E-state index is 13.2. The minimum atomic E-state index is 0. The first-order chi connectivity index (χ1) is 15.0. The van der Waals surface area contributed by atoms with Gasteiger partial charge in [-0.3, -0.25) is 9.69 Å². The Bertz CT molecular complexity index is 990. The fraction of sp³-hybridized carbons (Fsp3) is 0.440. The van der Waals surface area contributed by atoms with E-state index < -0.39 is 0 Å². The van der Waals surface area contributed by atoms with Gasteiger partial charge in [0.2, 0.25) is 5.91 Å². The molecule has 1 aromatic heterocycles. The van der Waals surface area contributed by atoms with Gasteiger partial charge in [0.25, 0.3) is 0 Å². The van der Waals surface area contributed by atoms with Crippen LogP contribution in [0.15, 0.2) is 47.4 Å². The Kier molecular flexibility index (Phi) is 11.0. The van der Waals surface area contributed by atoms with E-state index in [1.54, 1.807) is 11.3 Å². The zero-order chi connectivity index (χ0) is 22.2. The number of rotatable bonds is 11. The molecule has 0 atom stereocenters. The minimum Gasteiger partial charge on any atom is -0.302 e. The second-order valence-corrected chi connectivity index (χ2v) is 9.91. The number of halogens is 1. The average Bonchev–Trinajstić information content (AvgIpc) is 3.19. The van der Waals surface area contributed by atoms with E-state index in [2.05, 4.69) is 69.0 Å². The minimum absolute atomic E-state index is 0. The van der Waals surface area contributed by atoms with Gasteiger partial charge in [-0.1, -0.05) is 49.4 Å². The van der Waals surface area contributed by atoms with Gasteiger partial charge in [0, 0.05) is 24.4 Å². The molecular weight excluding hydrogens is 458 g/mol. The van der Waals surface area contributed by atoms with Crippen LogP contribution in [0.2, 0.25) is 0 Å². The molecule has 0 unspecified atom stereocenters. The smallest absolute Gasteiger partial charge is 0.228 e.